The minimum absolute atomic E-state index is 0.166. The maximum Gasteiger partial charge on any atom is 0.267 e. The van der Waals surface area contributed by atoms with Crippen molar-refractivity contribution in [2.24, 2.45) is 0 Å². The first-order chi connectivity index (χ1) is 13.7. The van der Waals surface area contributed by atoms with Crippen LogP contribution in [-0.4, -0.2) is 26.9 Å². The fourth-order valence-corrected chi connectivity index (χ4v) is 2.98. The molecular formula is C22H18N4O2. The van der Waals surface area contributed by atoms with E-state index in [-0.39, 0.29) is 5.56 Å². The molecule has 0 amide bonds. The molecule has 4 rings (SSSR count). The van der Waals surface area contributed by atoms with Crippen molar-refractivity contribution in [3.05, 3.63) is 95.3 Å². The van der Waals surface area contributed by atoms with Gasteiger partial charge < -0.3 is 4.74 Å². The van der Waals surface area contributed by atoms with Gasteiger partial charge >= 0.3 is 0 Å². The van der Waals surface area contributed by atoms with Gasteiger partial charge in [-0.3, -0.25) is 14.8 Å². The summed E-state index contributed by atoms with van der Waals surface area (Å²) in [7, 11) is 1.63. The number of rotatable bonds is 5. The van der Waals surface area contributed by atoms with Crippen LogP contribution in [-0.2, 0) is 6.54 Å². The Bertz CT molecular complexity index is 1120. The number of hydrogen-bond acceptors (Lipinski definition) is 5. The molecule has 6 nitrogen and oxygen atoms in total. The van der Waals surface area contributed by atoms with Crippen molar-refractivity contribution in [1.82, 2.24) is 19.7 Å². The Morgan fingerprint density at radius 3 is 2.14 bits per heavy atom. The lowest BCUT2D eigenvalue weighted by molar-refractivity contribution is 0.415. The van der Waals surface area contributed by atoms with Gasteiger partial charge in [-0.05, 0) is 59.7 Å². The van der Waals surface area contributed by atoms with Crippen LogP contribution in [0.2, 0.25) is 0 Å². The van der Waals surface area contributed by atoms with Crippen LogP contribution in [0.1, 0.15) is 5.56 Å². The van der Waals surface area contributed by atoms with Crippen molar-refractivity contribution < 1.29 is 4.74 Å². The lowest BCUT2D eigenvalue weighted by Crippen LogP contribution is -2.24. The Morgan fingerprint density at radius 2 is 1.50 bits per heavy atom. The minimum Gasteiger partial charge on any atom is -0.497 e. The first kappa shape index (κ1) is 17.6. The summed E-state index contributed by atoms with van der Waals surface area (Å²) in [4.78, 5) is 20.8. The SMILES string of the molecule is COc1ccc(-c2nn(Cc3ccncc3)c(=O)cc2-c2ccncc2)cc1. The van der Waals surface area contributed by atoms with E-state index >= 15 is 0 Å². The Labute approximate surface area is 162 Å². The number of nitrogens with zero attached hydrogens (tertiary/aromatic N) is 4. The van der Waals surface area contributed by atoms with Gasteiger partial charge in [-0.15, -0.1) is 0 Å². The zero-order valence-electron chi connectivity index (χ0n) is 15.3. The largest absolute Gasteiger partial charge is 0.497 e. The highest BCUT2D eigenvalue weighted by molar-refractivity contribution is 5.80. The average Bonchev–Trinajstić information content (AvgIpc) is 2.76. The normalized spacial score (nSPS) is 10.6. The number of methoxy groups -OCH3 is 1. The maximum atomic E-state index is 12.8. The maximum absolute atomic E-state index is 12.8. The summed E-state index contributed by atoms with van der Waals surface area (Å²) in [6.07, 6.45) is 6.82. The van der Waals surface area contributed by atoms with Crippen molar-refractivity contribution in [2.75, 3.05) is 7.11 Å². The van der Waals surface area contributed by atoms with E-state index in [1.54, 1.807) is 38.0 Å². The van der Waals surface area contributed by atoms with E-state index in [4.69, 9.17) is 9.84 Å². The second-order valence-electron chi connectivity index (χ2n) is 6.22. The van der Waals surface area contributed by atoms with Crippen molar-refractivity contribution in [2.45, 2.75) is 6.54 Å². The Kier molecular flexibility index (Phi) is 4.93. The molecule has 0 fully saturated rings. The van der Waals surface area contributed by atoms with Gasteiger partial charge in [0, 0.05) is 42.0 Å². The molecule has 0 unspecified atom stereocenters. The quantitative estimate of drug-likeness (QED) is 0.538. The van der Waals surface area contributed by atoms with Gasteiger partial charge in [0.05, 0.1) is 19.3 Å². The van der Waals surface area contributed by atoms with Gasteiger partial charge in [0.1, 0.15) is 5.75 Å². The molecule has 1 aromatic carbocycles. The molecule has 0 bridgehead atoms. The second kappa shape index (κ2) is 7.84. The highest BCUT2D eigenvalue weighted by atomic mass is 16.5. The zero-order chi connectivity index (χ0) is 19.3. The number of aromatic nitrogens is 4. The summed E-state index contributed by atoms with van der Waals surface area (Å²) in [6, 6.07) is 16.8. The van der Waals surface area contributed by atoms with Crippen LogP contribution in [0, 0.1) is 0 Å². The molecule has 0 aliphatic rings. The molecule has 3 heterocycles. The molecule has 0 saturated carbocycles. The van der Waals surface area contributed by atoms with Gasteiger partial charge in [0.25, 0.3) is 5.56 Å². The highest BCUT2D eigenvalue weighted by Gasteiger charge is 2.13. The molecule has 0 N–H and O–H groups in total. The van der Waals surface area contributed by atoms with E-state index in [9.17, 15) is 4.79 Å². The fourth-order valence-electron chi connectivity index (χ4n) is 2.98. The third-order valence-corrected chi connectivity index (χ3v) is 4.43. The summed E-state index contributed by atoms with van der Waals surface area (Å²) in [6.45, 7) is 0.376. The third-order valence-electron chi connectivity index (χ3n) is 4.43. The molecule has 0 spiro atoms. The van der Waals surface area contributed by atoms with Crippen LogP contribution in [0.25, 0.3) is 22.4 Å². The van der Waals surface area contributed by atoms with Crippen LogP contribution >= 0.6 is 0 Å². The van der Waals surface area contributed by atoms with E-state index in [1.165, 1.54) is 4.68 Å². The first-order valence-corrected chi connectivity index (χ1v) is 8.80. The predicted octanol–water partition coefficient (Wildman–Crippen LogP) is 3.42. The molecule has 0 aliphatic heterocycles. The number of ether oxygens (including phenoxy) is 1. The summed E-state index contributed by atoms with van der Waals surface area (Å²) >= 11 is 0. The van der Waals surface area contributed by atoms with E-state index in [0.29, 0.717) is 6.54 Å². The molecule has 0 saturated heterocycles. The van der Waals surface area contributed by atoms with E-state index in [1.807, 2.05) is 48.5 Å². The molecule has 3 aromatic heterocycles. The van der Waals surface area contributed by atoms with Gasteiger partial charge in [-0.25, -0.2) is 4.68 Å². The molecule has 6 heteroatoms. The van der Waals surface area contributed by atoms with Crippen molar-refractivity contribution in [1.29, 1.82) is 0 Å². The molecule has 0 atom stereocenters. The second-order valence-corrected chi connectivity index (χ2v) is 6.22. The van der Waals surface area contributed by atoms with Gasteiger partial charge in [-0.1, -0.05) is 0 Å². The third kappa shape index (κ3) is 3.66. The van der Waals surface area contributed by atoms with Crippen molar-refractivity contribution in [3.63, 3.8) is 0 Å². The van der Waals surface area contributed by atoms with Crippen LogP contribution in [0.5, 0.6) is 5.75 Å². The smallest absolute Gasteiger partial charge is 0.267 e. The Balaban J connectivity index is 1.86. The topological polar surface area (TPSA) is 69.9 Å². The number of pyridine rings is 2. The summed E-state index contributed by atoms with van der Waals surface area (Å²) < 4.78 is 6.72. The monoisotopic (exact) mass is 370 g/mol. The molecule has 138 valence electrons. The summed E-state index contributed by atoms with van der Waals surface area (Å²) in [5.74, 6) is 0.763. The minimum atomic E-state index is -0.166. The van der Waals surface area contributed by atoms with Gasteiger partial charge in [0.2, 0.25) is 0 Å². The van der Waals surface area contributed by atoms with Crippen LogP contribution in [0.15, 0.2) is 84.2 Å². The van der Waals surface area contributed by atoms with Crippen LogP contribution < -0.4 is 10.3 Å². The molecule has 28 heavy (non-hydrogen) atoms. The van der Waals surface area contributed by atoms with Gasteiger partial charge in [0.15, 0.2) is 0 Å². The van der Waals surface area contributed by atoms with E-state index < -0.39 is 0 Å². The molecule has 0 radical (unpaired) electrons. The van der Waals surface area contributed by atoms with Crippen LogP contribution in [0.3, 0.4) is 0 Å². The molecule has 0 aliphatic carbocycles. The van der Waals surface area contributed by atoms with E-state index in [0.717, 1.165) is 33.7 Å². The highest BCUT2D eigenvalue weighted by Crippen LogP contribution is 2.30. The average molecular weight is 370 g/mol. The van der Waals surface area contributed by atoms with Crippen LogP contribution in [0.4, 0.5) is 0 Å². The van der Waals surface area contributed by atoms with Gasteiger partial charge in [-0.2, -0.15) is 5.10 Å². The van der Waals surface area contributed by atoms with E-state index in [2.05, 4.69) is 9.97 Å². The first-order valence-electron chi connectivity index (χ1n) is 8.80. The lowest BCUT2D eigenvalue weighted by atomic mass is 10.0. The van der Waals surface area contributed by atoms with Crippen molar-refractivity contribution >= 4 is 0 Å². The number of hydrogen-bond donors (Lipinski definition) is 0. The predicted molar refractivity (Wildman–Crippen MR) is 107 cm³/mol. The summed E-state index contributed by atoms with van der Waals surface area (Å²) in [5.41, 5.74) is 4.08. The van der Waals surface area contributed by atoms with Crippen molar-refractivity contribution in [3.8, 4) is 28.1 Å². The molecular weight excluding hydrogens is 352 g/mol. The Hall–Kier alpha value is -3.80. The fraction of sp³-hybridized carbons (Fsp3) is 0.0909. The zero-order valence-corrected chi connectivity index (χ0v) is 15.3. The summed E-state index contributed by atoms with van der Waals surface area (Å²) in [5, 5.41) is 4.69. The molecule has 4 aromatic rings. The number of benzene rings is 1. The standard InChI is InChI=1S/C22H18N4O2/c1-28-19-4-2-18(3-5-19)22-20(17-8-12-24-13-9-17)14-21(27)26(25-22)15-16-6-10-23-11-7-16/h2-14H,15H2,1H3. The lowest BCUT2D eigenvalue weighted by Gasteiger charge is -2.13. The Morgan fingerprint density at radius 1 is 0.857 bits per heavy atom.